The Kier molecular flexibility index (Phi) is 5.36. The third kappa shape index (κ3) is 4.28. The van der Waals surface area contributed by atoms with Crippen molar-refractivity contribution in [3.05, 3.63) is 83.7 Å². The average molecular weight is 415 g/mol. The monoisotopic (exact) mass is 414 g/mol. The lowest BCUT2D eigenvalue weighted by Gasteiger charge is -2.40. The van der Waals surface area contributed by atoms with Crippen LogP contribution < -0.4 is 0 Å². The van der Waals surface area contributed by atoms with Gasteiger partial charge in [0, 0.05) is 37.8 Å². The molecule has 0 saturated carbocycles. The van der Waals surface area contributed by atoms with Gasteiger partial charge in [-0.1, -0.05) is 48.0 Å². The van der Waals surface area contributed by atoms with Crippen LogP contribution in [0, 0.1) is 12.3 Å². The minimum absolute atomic E-state index is 0.106. The van der Waals surface area contributed by atoms with E-state index < -0.39 is 0 Å². The van der Waals surface area contributed by atoms with Crippen LogP contribution in [0.3, 0.4) is 0 Å². The Morgan fingerprint density at radius 2 is 1.90 bits per heavy atom. The van der Waals surface area contributed by atoms with Gasteiger partial charge in [-0.15, -0.1) is 0 Å². The van der Waals surface area contributed by atoms with Gasteiger partial charge in [-0.2, -0.15) is 5.10 Å². The van der Waals surface area contributed by atoms with E-state index in [2.05, 4.69) is 41.2 Å². The molecule has 1 spiro atoms. The molecule has 5 heteroatoms. The molecule has 2 aliphatic heterocycles. The predicted octanol–water partition coefficient (Wildman–Crippen LogP) is 4.31. The van der Waals surface area contributed by atoms with E-state index in [0.717, 1.165) is 44.8 Å². The highest BCUT2D eigenvalue weighted by Crippen LogP contribution is 2.39. The molecule has 2 aromatic carbocycles. The summed E-state index contributed by atoms with van der Waals surface area (Å²) in [5, 5.41) is 4.41. The lowest BCUT2D eigenvalue weighted by atomic mass is 9.79. The first-order chi connectivity index (χ1) is 15.1. The van der Waals surface area contributed by atoms with Crippen LogP contribution in [0.25, 0.3) is 5.69 Å². The number of piperidine rings is 1. The Hall–Kier alpha value is -2.92. The van der Waals surface area contributed by atoms with E-state index in [0.29, 0.717) is 5.56 Å². The number of nitrogens with zero attached hydrogens (tertiary/aromatic N) is 4. The highest BCUT2D eigenvalue weighted by molar-refractivity contribution is 5.94. The molecule has 2 fully saturated rings. The van der Waals surface area contributed by atoms with Crippen molar-refractivity contribution in [1.82, 2.24) is 19.6 Å². The van der Waals surface area contributed by atoms with E-state index in [4.69, 9.17) is 0 Å². The lowest BCUT2D eigenvalue weighted by Crippen LogP contribution is -2.45. The number of carbonyl (C=O) groups is 1. The number of benzene rings is 2. The van der Waals surface area contributed by atoms with Crippen LogP contribution in [-0.2, 0) is 6.54 Å². The number of aryl methyl sites for hydroxylation is 1. The highest BCUT2D eigenvalue weighted by atomic mass is 16.2. The van der Waals surface area contributed by atoms with E-state index in [1.54, 1.807) is 10.9 Å². The number of hydrogen-bond donors (Lipinski definition) is 0. The van der Waals surface area contributed by atoms with Gasteiger partial charge in [0.2, 0.25) is 0 Å². The molecule has 5 nitrogen and oxygen atoms in total. The van der Waals surface area contributed by atoms with Crippen LogP contribution in [0.5, 0.6) is 0 Å². The van der Waals surface area contributed by atoms with Crippen LogP contribution in [0.1, 0.15) is 40.7 Å². The Labute approximate surface area is 184 Å². The first-order valence-electron chi connectivity index (χ1n) is 11.3. The van der Waals surface area contributed by atoms with Crippen molar-refractivity contribution in [3.8, 4) is 5.69 Å². The third-order valence-electron chi connectivity index (χ3n) is 6.80. The Morgan fingerprint density at radius 1 is 1.03 bits per heavy atom. The number of rotatable bonds is 4. The van der Waals surface area contributed by atoms with Crippen LogP contribution in [-0.4, -0.2) is 51.7 Å². The quantitative estimate of drug-likeness (QED) is 0.639. The molecule has 1 amide bonds. The molecular weight excluding hydrogens is 384 g/mol. The van der Waals surface area contributed by atoms with Gasteiger partial charge in [-0.25, -0.2) is 4.68 Å². The lowest BCUT2D eigenvalue weighted by molar-refractivity contribution is 0.0675. The predicted molar refractivity (Wildman–Crippen MR) is 122 cm³/mol. The van der Waals surface area contributed by atoms with E-state index in [9.17, 15) is 4.79 Å². The summed E-state index contributed by atoms with van der Waals surface area (Å²) in [7, 11) is 0. The van der Waals surface area contributed by atoms with Gasteiger partial charge in [0.25, 0.3) is 5.91 Å². The van der Waals surface area contributed by atoms with E-state index in [1.165, 1.54) is 24.0 Å². The molecule has 2 saturated heterocycles. The number of hydrogen-bond acceptors (Lipinski definition) is 3. The van der Waals surface area contributed by atoms with Crippen molar-refractivity contribution in [3.63, 3.8) is 0 Å². The number of carbonyl (C=O) groups excluding carboxylic acids is 1. The summed E-state index contributed by atoms with van der Waals surface area (Å²) in [6.07, 6.45) is 7.07. The van der Waals surface area contributed by atoms with Gasteiger partial charge in [-0.05, 0) is 50.4 Å². The Bertz CT molecular complexity index is 1060. The zero-order chi connectivity index (χ0) is 21.3. The highest BCUT2D eigenvalue weighted by Gasteiger charge is 2.43. The maximum Gasteiger partial charge on any atom is 0.257 e. The van der Waals surface area contributed by atoms with Crippen LogP contribution in [0.4, 0.5) is 0 Å². The summed E-state index contributed by atoms with van der Waals surface area (Å²) in [6, 6.07) is 18.8. The molecule has 31 heavy (non-hydrogen) atoms. The molecule has 160 valence electrons. The molecule has 5 rings (SSSR count). The smallest absolute Gasteiger partial charge is 0.257 e. The minimum Gasteiger partial charge on any atom is -0.338 e. The molecule has 0 bridgehead atoms. The summed E-state index contributed by atoms with van der Waals surface area (Å²) >= 11 is 0. The van der Waals surface area contributed by atoms with Crippen LogP contribution >= 0.6 is 0 Å². The van der Waals surface area contributed by atoms with Gasteiger partial charge in [-0.3, -0.25) is 9.69 Å². The molecule has 1 atom stereocenters. The fourth-order valence-corrected chi connectivity index (χ4v) is 5.29. The second kappa shape index (κ2) is 8.31. The fourth-order valence-electron chi connectivity index (χ4n) is 5.29. The topological polar surface area (TPSA) is 41.4 Å². The van der Waals surface area contributed by atoms with Crippen molar-refractivity contribution >= 4 is 5.91 Å². The molecule has 0 radical (unpaired) electrons. The fraction of sp³-hybridized carbons (Fsp3) is 0.385. The van der Waals surface area contributed by atoms with Crippen molar-refractivity contribution in [2.75, 3.05) is 26.2 Å². The molecule has 3 heterocycles. The molecule has 0 aliphatic carbocycles. The molecule has 1 aromatic heterocycles. The Balaban J connectivity index is 1.25. The normalized spacial score (nSPS) is 21.6. The van der Waals surface area contributed by atoms with Gasteiger partial charge in [0.05, 0.1) is 17.4 Å². The van der Waals surface area contributed by atoms with Crippen molar-refractivity contribution in [2.45, 2.75) is 32.7 Å². The second-order valence-electron chi connectivity index (χ2n) is 9.29. The molecule has 0 N–H and O–H groups in total. The van der Waals surface area contributed by atoms with Gasteiger partial charge < -0.3 is 4.90 Å². The van der Waals surface area contributed by atoms with E-state index >= 15 is 0 Å². The number of amides is 1. The first kappa shape index (κ1) is 20.0. The van der Waals surface area contributed by atoms with Crippen LogP contribution in [0.2, 0.25) is 0 Å². The first-order valence-corrected chi connectivity index (χ1v) is 11.3. The third-order valence-corrected chi connectivity index (χ3v) is 6.80. The molecule has 2 aliphatic rings. The summed E-state index contributed by atoms with van der Waals surface area (Å²) in [5.74, 6) is 0.106. The summed E-state index contributed by atoms with van der Waals surface area (Å²) in [6.45, 7) is 7.07. The van der Waals surface area contributed by atoms with E-state index in [1.807, 2.05) is 41.4 Å². The summed E-state index contributed by atoms with van der Waals surface area (Å²) < 4.78 is 1.78. The van der Waals surface area contributed by atoms with Crippen molar-refractivity contribution in [1.29, 1.82) is 0 Å². The van der Waals surface area contributed by atoms with Gasteiger partial charge in [0.1, 0.15) is 0 Å². The van der Waals surface area contributed by atoms with Gasteiger partial charge in [0.15, 0.2) is 0 Å². The zero-order valence-electron chi connectivity index (χ0n) is 18.2. The van der Waals surface area contributed by atoms with Crippen molar-refractivity contribution < 1.29 is 4.79 Å². The minimum atomic E-state index is 0.106. The summed E-state index contributed by atoms with van der Waals surface area (Å²) in [4.78, 5) is 17.8. The number of likely N-dealkylation sites (tertiary alicyclic amines) is 2. The maximum absolute atomic E-state index is 13.2. The largest absolute Gasteiger partial charge is 0.338 e. The second-order valence-corrected chi connectivity index (χ2v) is 9.29. The SMILES string of the molecule is Cc1cccc(CN2CCCC3(CCN(C(=O)c4cnn(-c5ccccc5)c4)C3)C2)c1. The molecule has 3 aromatic rings. The zero-order valence-corrected chi connectivity index (χ0v) is 18.2. The summed E-state index contributed by atoms with van der Waals surface area (Å²) in [5.41, 5.74) is 4.58. The van der Waals surface area contributed by atoms with Crippen molar-refractivity contribution in [2.24, 2.45) is 5.41 Å². The molecular formula is C26H30N4O. The van der Waals surface area contributed by atoms with E-state index in [-0.39, 0.29) is 11.3 Å². The Morgan fingerprint density at radius 3 is 2.74 bits per heavy atom. The molecule has 1 unspecified atom stereocenters. The van der Waals surface area contributed by atoms with Gasteiger partial charge >= 0.3 is 0 Å². The number of aromatic nitrogens is 2. The maximum atomic E-state index is 13.2. The average Bonchev–Trinajstić information content (AvgIpc) is 3.42. The van der Waals surface area contributed by atoms with Crippen LogP contribution in [0.15, 0.2) is 67.0 Å². The number of para-hydroxylation sites is 1. The standard InChI is InChI=1S/C26H30N4O/c1-21-7-5-8-22(15-21)17-28-13-6-11-26(19-28)12-14-29(20-26)25(31)23-16-27-30(18-23)24-9-3-2-4-10-24/h2-5,7-10,15-16,18H,6,11-14,17,19-20H2,1H3.